The minimum Gasteiger partial charge on any atom is -0.389 e. The van der Waals surface area contributed by atoms with Crippen LogP contribution in [0.15, 0.2) is 23.2 Å². The number of hydrogen-bond donors (Lipinski definition) is 1. The lowest BCUT2D eigenvalue weighted by atomic mass is 10.1. The summed E-state index contributed by atoms with van der Waals surface area (Å²) in [5, 5.41) is 9.86. The largest absolute Gasteiger partial charge is 0.389 e. The molecular formula is C11H17ClN2O3S. The Labute approximate surface area is 112 Å². The van der Waals surface area contributed by atoms with Gasteiger partial charge in [0.2, 0.25) is 10.0 Å². The third-order valence-corrected chi connectivity index (χ3v) is 4.38. The lowest BCUT2D eigenvalue weighted by molar-refractivity contribution is 0.0601. The van der Waals surface area contributed by atoms with Gasteiger partial charge in [-0.15, -0.1) is 0 Å². The van der Waals surface area contributed by atoms with E-state index < -0.39 is 15.6 Å². The minimum absolute atomic E-state index is 0.0196. The van der Waals surface area contributed by atoms with Gasteiger partial charge in [-0.2, -0.15) is 4.31 Å². The first-order chi connectivity index (χ1) is 8.16. The molecule has 0 saturated heterocycles. The van der Waals surface area contributed by atoms with Crippen molar-refractivity contribution in [2.45, 2.75) is 31.3 Å². The summed E-state index contributed by atoms with van der Waals surface area (Å²) in [5.74, 6) is 0. The maximum Gasteiger partial charge on any atom is 0.243 e. The topological polar surface area (TPSA) is 70.5 Å². The van der Waals surface area contributed by atoms with Crippen LogP contribution in [0.25, 0.3) is 0 Å². The van der Waals surface area contributed by atoms with Crippen molar-refractivity contribution in [3.05, 3.63) is 23.5 Å². The van der Waals surface area contributed by atoms with Gasteiger partial charge in [0.1, 0.15) is 5.15 Å². The van der Waals surface area contributed by atoms with Gasteiger partial charge in [0, 0.05) is 19.3 Å². The summed E-state index contributed by atoms with van der Waals surface area (Å²) >= 11 is 5.69. The first-order valence-electron chi connectivity index (χ1n) is 5.51. The zero-order valence-corrected chi connectivity index (χ0v) is 12.2. The molecule has 0 radical (unpaired) electrons. The number of pyridine rings is 1. The number of hydrogen-bond acceptors (Lipinski definition) is 4. The summed E-state index contributed by atoms with van der Waals surface area (Å²) in [5.41, 5.74) is -1.10. The number of halogens is 1. The average Bonchev–Trinajstić information content (AvgIpc) is 2.24. The van der Waals surface area contributed by atoms with Gasteiger partial charge in [0.05, 0.1) is 10.5 Å². The Bertz CT molecular complexity index is 511. The highest BCUT2D eigenvalue weighted by Gasteiger charge is 2.28. The first-order valence-corrected chi connectivity index (χ1v) is 7.32. The van der Waals surface area contributed by atoms with Crippen LogP contribution in [0.4, 0.5) is 0 Å². The standard InChI is InChI=1S/C11H17ClN2O3S/c1-4-14(8-11(2,3)15)18(16,17)9-5-6-13-10(12)7-9/h5-7,15H,4,8H2,1-3H3. The molecule has 7 heteroatoms. The van der Waals surface area contributed by atoms with Crippen molar-refractivity contribution in [3.8, 4) is 0 Å². The molecule has 0 fully saturated rings. The molecule has 0 amide bonds. The fourth-order valence-corrected chi connectivity index (χ4v) is 3.35. The Morgan fingerprint density at radius 3 is 2.56 bits per heavy atom. The molecule has 0 aromatic carbocycles. The molecular weight excluding hydrogens is 276 g/mol. The molecule has 0 atom stereocenters. The van der Waals surface area contributed by atoms with Crippen LogP contribution in [0.5, 0.6) is 0 Å². The van der Waals surface area contributed by atoms with Gasteiger partial charge >= 0.3 is 0 Å². The van der Waals surface area contributed by atoms with Crippen molar-refractivity contribution in [2.75, 3.05) is 13.1 Å². The lowest BCUT2D eigenvalue weighted by Crippen LogP contribution is -2.42. The van der Waals surface area contributed by atoms with Crippen LogP contribution in [-0.4, -0.2) is 41.5 Å². The van der Waals surface area contributed by atoms with Crippen LogP contribution in [0.1, 0.15) is 20.8 Å². The van der Waals surface area contributed by atoms with E-state index in [0.717, 1.165) is 0 Å². The fraction of sp³-hybridized carbons (Fsp3) is 0.545. The number of aromatic nitrogens is 1. The maximum absolute atomic E-state index is 12.3. The van der Waals surface area contributed by atoms with E-state index in [1.165, 1.54) is 22.6 Å². The molecule has 0 spiro atoms. The first kappa shape index (κ1) is 15.4. The highest BCUT2D eigenvalue weighted by Crippen LogP contribution is 2.19. The zero-order chi connectivity index (χ0) is 14.0. The average molecular weight is 293 g/mol. The molecule has 1 rings (SSSR count). The van der Waals surface area contributed by atoms with Gasteiger partial charge in [-0.3, -0.25) is 0 Å². The number of likely N-dealkylation sites (N-methyl/N-ethyl adjacent to an activating group) is 1. The molecule has 1 aromatic rings. The van der Waals surface area contributed by atoms with Crippen molar-refractivity contribution < 1.29 is 13.5 Å². The molecule has 1 aromatic heterocycles. The molecule has 1 N–H and O–H groups in total. The smallest absolute Gasteiger partial charge is 0.243 e. The fourth-order valence-electron chi connectivity index (χ4n) is 1.49. The SMILES string of the molecule is CCN(CC(C)(C)O)S(=O)(=O)c1ccnc(Cl)c1. The third-order valence-electron chi connectivity index (χ3n) is 2.25. The van der Waals surface area contributed by atoms with Gasteiger partial charge < -0.3 is 5.11 Å². The van der Waals surface area contributed by atoms with Crippen molar-refractivity contribution in [1.29, 1.82) is 0 Å². The van der Waals surface area contributed by atoms with E-state index in [2.05, 4.69) is 4.98 Å². The Hall–Kier alpha value is -0.690. The number of sulfonamides is 1. The van der Waals surface area contributed by atoms with Crippen LogP contribution in [0.3, 0.4) is 0 Å². The van der Waals surface area contributed by atoms with E-state index in [1.54, 1.807) is 20.8 Å². The van der Waals surface area contributed by atoms with Crippen molar-refractivity contribution in [2.24, 2.45) is 0 Å². The van der Waals surface area contributed by atoms with Crippen LogP contribution < -0.4 is 0 Å². The monoisotopic (exact) mass is 292 g/mol. The van der Waals surface area contributed by atoms with Crippen molar-refractivity contribution in [3.63, 3.8) is 0 Å². The lowest BCUT2D eigenvalue weighted by Gasteiger charge is -2.27. The van der Waals surface area contributed by atoms with Crippen molar-refractivity contribution in [1.82, 2.24) is 9.29 Å². The predicted octanol–water partition coefficient (Wildman–Crippen LogP) is 1.52. The van der Waals surface area contributed by atoms with Crippen LogP contribution in [0.2, 0.25) is 5.15 Å². The third kappa shape index (κ3) is 3.91. The minimum atomic E-state index is -3.66. The van der Waals surface area contributed by atoms with E-state index in [0.29, 0.717) is 0 Å². The van der Waals surface area contributed by atoms with E-state index in [9.17, 15) is 13.5 Å². The molecule has 0 bridgehead atoms. The Morgan fingerprint density at radius 2 is 2.11 bits per heavy atom. The maximum atomic E-state index is 12.3. The van der Waals surface area contributed by atoms with Crippen LogP contribution in [-0.2, 0) is 10.0 Å². The van der Waals surface area contributed by atoms with E-state index in [-0.39, 0.29) is 23.1 Å². The van der Waals surface area contributed by atoms with E-state index in [4.69, 9.17) is 11.6 Å². The van der Waals surface area contributed by atoms with Gasteiger partial charge in [-0.1, -0.05) is 18.5 Å². The summed E-state index contributed by atoms with van der Waals surface area (Å²) in [6.45, 7) is 5.12. The highest BCUT2D eigenvalue weighted by molar-refractivity contribution is 7.89. The van der Waals surface area contributed by atoms with E-state index in [1.807, 2.05) is 0 Å². The molecule has 0 aliphatic rings. The normalized spacial score (nSPS) is 13.0. The number of rotatable bonds is 5. The molecule has 102 valence electrons. The van der Waals surface area contributed by atoms with Crippen molar-refractivity contribution >= 4 is 21.6 Å². The molecule has 0 aliphatic heterocycles. The quantitative estimate of drug-likeness (QED) is 0.835. The second-order valence-corrected chi connectivity index (χ2v) is 6.88. The molecule has 0 aliphatic carbocycles. The molecule has 1 heterocycles. The summed E-state index contributed by atoms with van der Waals surface area (Å²) in [7, 11) is -3.66. The second kappa shape index (κ2) is 5.52. The summed E-state index contributed by atoms with van der Waals surface area (Å²) in [4.78, 5) is 3.82. The summed E-state index contributed by atoms with van der Waals surface area (Å²) < 4.78 is 25.9. The van der Waals surface area contributed by atoms with Gasteiger partial charge in [-0.25, -0.2) is 13.4 Å². The van der Waals surface area contributed by atoms with Crippen LogP contribution >= 0.6 is 11.6 Å². The molecule has 0 saturated carbocycles. The zero-order valence-electron chi connectivity index (χ0n) is 10.6. The Kier molecular flexibility index (Phi) is 4.72. The Balaban J connectivity index is 3.11. The van der Waals surface area contributed by atoms with Gasteiger partial charge in [-0.05, 0) is 26.0 Å². The highest BCUT2D eigenvalue weighted by atomic mass is 35.5. The molecule has 0 unspecified atom stereocenters. The second-order valence-electron chi connectivity index (χ2n) is 4.56. The molecule has 5 nitrogen and oxygen atoms in total. The Morgan fingerprint density at radius 1 is 1.50 bits per heavy atom. The van der Waals surface area contributed by atoms with Crippen LogP contribution in [0, 0.1) is 0 Å². The predicted molar refractivity (Wildman–Crippen MR) is 70.0 cm³/mol. The van der Waals surface area contributed by atoms with Gasteiger partial charge in [0.15, 0.2) is 0 Å². The number of aliphatic hydroxyl groups is 1. The number of nitrogens with zero attached hydrogens (tertiary/aromatic N) is 2. The van der Waals surface area contributed by atoms with E-state index >= 15 is 0 Å². The summed E-state index contributed by atoms with van der Waals surface area (Å²) in [6.07, 6.45) is 1.34. The summed E-state index contributed by atoms with van der Waals surface area (Å²) in [6, 6.07) is 2.68. The van der Waals surface area contributed by atoms with Gasteiger partial charge in [0.25, 0.3) is 0 Å². The molecule has 18 heavy (non-hydrogen) atoms.